The second-order valence-electron chi connectivity index (χ2n) is 5.96. The van der Waals surface area contributed by atoms with Crippen LogP contribution in [0.25, 0.3) is 33.1 Å². The van der Waals surface area contributed by atoms with Crippen LogP contribution in [0.15, 0.2) is 0 Å². The van der Waals surface area contributed by atoms with E-state index in [0.29, 0.717) is 0 Å². The molecule has 0 spiro atoms. The molecule has 8 nitrogen and oxygen atoms in total. The third-order valence-electron chi connectivity index (χ3n) is 4.03. The molecule has 3 aromatic heterocycles. The van der Waals surface area contributed by atoms with Gasteiger partial charge in [0.05, 0.1) is 0 Å². The van der Waals surface area contributed by atoms with E-state index in [1.807, 2.05) is 0 Å². The highest BCUT2D eigenvalue weighted by Gasteiger charge is 2.47. The lowest BCUT2D eigenvalue weighted by Gasteiger charge is -2.15. The predicted molar refractivity (Wildman–Crippen MR) is 85.1 cm³/mol. The Hall–Kier alpha value is -4.34. The first-order valence-electron chi connectivity index (χ1n) is 7.89. The van der Waals surface area contributed by atoms with E-state index >= 15 is 0 Å². The third-order valence-corrected chi connectivity index (χ3v) is 4.03. The van der Waals surface area contributed by atoms with Crippen molar-refractivity contribution in [3.63, 3.8) is 0 Å². The van der Waals surface area contributed by atoms with E-state index in [1.165, 1.54) is 12.1 Å². The number of hydrogen-bond acceptors (Lipinski definition) is 8. The fourth-order valence-electron chi connectivity index (χ4n) is 2.81. The van der Waals surface area contributed by atoms with Crippen molar-refractivity contribution in [1.29, 1.82) is 10.5 Å². The second-order valence-corrected chi connectivity index (χ2v) is 5.96. The van der Waals surface area contributed by atoms with Gasteiger partial charge >= 0.3 is 12.4 Å². The summed E-state index contributed by atoms with van der Waals surface area (Å²) >= 11 is 0. The van der Waals surface area contributed by atoms with Gasteiger partial charge in [0.25, 0.3) is 11.9 Å². The molecule has 0 bridgehead atoms. The maximum absolute atomic E-state index is 13.7. The summed E-state index contributed by atoms with van der Waals surface area (Å²) in [6.45, 7) is 0. The SMILES string of the molecule is N#Cc1nc2c3nc(F)c(F)nc3c3nc(C(F)(F)F)c(C(F)(F)F)nc3c2nc1C#N. The minimum absolute atomic E-state index is 0.656. The summed E-state index contributed by atoms with van der Waals surface area (Å²) in [5.74, 6) is -3.71. The van der Waals surface area contributed by atoms with Gasteiger partial charge in [-0.1, -0.05) is 0 Å². The molecular formula is C16F8N8. The summed E-state index contributed by atoms with van der Waals surface area (Å²) in [5.41, 5.74) is -11.4. The topological polar surface area (TPSA) is 125 Å². The van der Waals surface area contributed by atoms with Crippen LogP contribution in [-0.2, 0) is 12.4 Å². The Balaban J connectivity index is 2.38. The molecule has 0 radical (unpaired) electrons. The zero-order chi connectivity index (χ0) is 23.6. The zero-order valence-corrected chi connectivity index (χ0v) is 14.6. The number of halogens is 8. The van der Waals surface area contributed by atoms with Gasteiger partial charge < -0.3 is 0 Å². The Morgan fingerprint density at radius 3 is 1.06 bits per heavy atom. The van der Waals surface area contributed by atoms with Crippen LogP contribution in [0.5, 0.6) is 0 Å². The molecule has 0 N–H and O–H groups in total. The smallest absolute Gasteiger partial charge is 0.237 e. The van der Waals surface area contributed by atoms with Crippen molar-refractivity contribution in [2.75, 3.05) is 0 Å². The third kappa shape index (κ3) is 3.04. The van der Waals surface area contributed by atoms with E-state index in [9.17, 15) is 35.1 Å². The van der Waals surface area contributed by atoms with Gasteiger partial charge in [-0.25, -0.2) is 29.9 Å². The van der Waals surface area contributed by atoms with Crippen molar-refractivity contribution in [3.05, 3.63) is 34.7 Å². The van der Waals surface area contributed by atoms with Crippen LogP contribution in [0.4, 0.5) is 35.1 Å². The molecule has 0 atom stereocenters. The molecule has 0 unspecified atom stereocenters. The fourth-order valence-corrected chi connectivity index (χ4v) is 2.81. The van der Waals surface area contributed by atoms with Crippen molar-refractivity contribution in [2.24, 2.45) is 0 Å². The second kappa shape index (κ2) is 6.58. The lowest BCUT2D eigenvalue weighted by molar-refractivity contribution is -0.167. The molecule has 4 aromatic rings. The first kappa shape index (κ1) is 20.9. The van der Waals surface area contributed by atoms with Crippen LogP contribution >= 0.6 is 0 Å². The quantitative estimate of drug-likeness (QED) is 0.291. The molecule has 160 valence electrons. The minimum atomic E-state index is -5.65. The Bertz CT molecular complexity index is 1550. The molecule has 0 aliphatic rings. The van der Waals surface area contributed by atoms with E-state index in [0.717, 1.165) is 0 Å². The van der Waals surface area contributed by atoms with Gasteiger partial charge in [-0.3, -0.25) is 0 Å². The van der Waals surface area contributed by atoms with Crippen LogP contribution in [0, 0.1) is 34.6 Å². The van der Waals surface area contributed by atoms with Crippen LogP contribution in [-0.4, -0.2) is 29.9 Å². The molecule has 0 aliphatic heterocycles. The van der Waals surface area contributed by atoms with E-state index in [-0.39, 0.29) is 0 Å². The van der Waals surface area contributed by atoms with Gasteiger partial charge in [-0.05, 0) is 0 Å². The van der Waals surface area contributed by atoms with Gasteiger partial charge in [-0.2, -0.15) is 45.6 Å². The molecule has 16 heteroatoms. The molecule has 0 amide bonds. The molecule has 0 saturated carbocycles. The number of fused-ring (bicyclic) bond motifs is 6. The molecular weight excluding hydrogens is 456 g/mol. The van der Waals surface area contributed by atoms with Gasteiger partial charge in [-0.15, -0.1) is 0 Å². The van der Waals surface area contributed by atoms with Crippen molar-refractivity contribution >= 4 is 33.1 Å². The van der Waals surface area contributed by atoms with E-state index < -0.39 is 80.1 Å². The highest BCUT2D eigenvalue weighted by atomic mass is 19.4. The molecule has 4 rings (SSSR count). The Labute approximate surface area is 168 Å². The summed E-state index contributed by atoms with van der Waals surface area (Å²) in [6, 6.07) is 2.90. The summed E-state index contributed by atoms with van der Waals surface area (Å²) in [6.07, 6.45) is -11.3. The van der Waals surface area contributed by atoms with Crippen LogP contribution < -0.4 is 0 Å². The summed E-state index contributed by atoms with van der Waals surface area (Å²) < 4.78 is 107. The number of aromatic nitrogens is 6. The Morgan fingerprint density at radius 2 is 0.781 bits per heavy atom. The molecule has 0 saturated heterocycles. The highest BCUT2D eigenvalue weighted by Crippen LogP contribution is 2.41. The van der Waals surface area contributed by atoms with Gasteiger partial charge in [0, 0.05) is 0 Å². The largest absolute Gasteiger partial charge is 0.435 e. The number of rotatable bonds is 0. The fraction of sp³-hybridized carbons (Fsp3) is 0.125. The van der Waals surface area contributed by atoms with Gasteiger partial charge in [0.1, 0.15) is 45.2 Å². The number of nitriles is 2. The standard InChI is InChI=1S/C16F8N8/c17-13-14(18)32-10-8-7(29-11(15(19,20)21)12(30-8)16(22,23)24)5-6(9(10)31-13)28-4(2-26)3(1-25)27-5. The van der Waals surface area contributed by atoms with Crippen LogP contribution in [0.1, 0.15) is 22.8 Å². The summed E-state index contributed by atoms with van der Waals surface area (Å²) in [4.78, 5) is 19.5. The van der Waals surface area contributed by atoms with E-state index in [4.69, 9.17) is 10.5 Å². The molecule has 0 fully saturated rings. The normalized spacial score (nSPS) is 12.3. The molecule has 1 aromatic carbocycles. The van der Waals surface area contributed by atoms with Gasteiger partial charge in [0.2, 0.25) is 0 Å². The maximum Gasteiger partial charge on any atom is 0.435 e. The first-order chi connectivity index (χ1) is 14.9. The van der Waals surface area contributed by atoms with Crippen molar-refractivity contribution in [3.8, 4) is 12.1 Å². The van der Waals surface area contributed by atoms with Crippen LogP contribution in [0.3, 0.4) is 0 Å². The van der Waals surface area contributed by atoms with E-state index in [1.54, 1.807) is 0 Å². The average molecular weight is 456 g/mol. The molecule has 32 heavy (non-hydrogen) atoms. The average Bonchev–Trinajstić information content (AvgIpc) is 2.71. The predicted octanol–water partition coefficient (Wildman–Crippen LogP) is 3.58. The minimum Gasteiger partial charge on any atom is -0.237 e. The lowest BCUT2D eigenvalue weighted by Crippen LogP contribution is -2.21. The van der Waals surface area contributed by atoms with Gasteiger partial charge in [0.15, 0.2) is 22.8 Å². The zero-order valence-electron chi connectivity index (χ0n) is 14.6. The number of benzene rings is 1. The summed E-state index contributed by atoms with van der Waals surface area (Å²) in [5, 5.41) is 18.2. The number of nitrogens with zero attached hydrogens (tertiary/aromatic N) is 8. The Kier molecular flexibility index (Phi) is 4.30. The lowest BCUT2D eigenvalue weighted by atomic mass is 10.1. The van der Waals surface area contributed by atoms with Crippen molar-refractivity contribution in [1.82, 2.24) is 29.9 Å². The number of hydrogen-bond donors (Lipinski definition) is 0. The molecule has 3 heterocycles. The first-order valence-corrected chi connectivity index (χ1v) is 7.89. The summed E-state index contributed by atoms with van der Waals surface area (Å²) in [7, 11) is 0. The highest BCUT2D eigenvalue weighted by molar-refractivity contribution is 6.18. The number of alkyl halides is 6. The Morgan fingerprint density at radius 1 is 0.500 bits per heavy atom. The molecule has 0 aliphatic carbocycles. The monoisotopic (exact) mass is 456 g/mol. The maximum atomic E-state index is 13.7. The van der Waals surface area contributed by atoms with Crippen molar-refractivity contribution in [2.45, 2.75) is 12.4 Å². The van der Waals surface area contributed by atoms with Crippen molar-refractivity contribution < 1.29 is 35.1 Å². The van der Waals surface area contributed by atoms with E-state index in [2.05, 4.69) is 29.9 Å². The van der Waals surface area contributed by atoms with Crippen LogP contribution in [0.2, 0.25) is 0 Å².